The normalized spacial score (nSPS) is 19.5. The van der Waals surface area contributed by atoms with E-state index in [4.69, 9.17) is 4.42 Å². The Hall–Kier alpha value is -2.26. The molecule has 0 spiro atoms. The van der Waals surface area contributed by atoms with Crippen molar-refractivity contribution in [3.8, 4) is 0 Å². The van der Waals surface area contributed by atoms with E-state index in [-0.39, 0.29) is 12.0 Å². The molecule has 8 nitrogen and oxygen atoms in total. The molecule has 8 heteroatoms. The molecule has 1 aromatic heterocycles. The van der Waals surface area contributed by atoms with Gasteiger partial charge in [-0.05, 0) is 38.4 Å². The van der Waals surface area contributed by atoms with E-state index in [2.05, 4.69) is 31.1 Å². The molecule has 0 bridgehead atoms. The van der Waals surface area contributed by atoms with E-state index in [1.807, 2.05) is 25.1 Å². The number of aryl methyl sites for hydroxylation is 1. The molecule has 180 valence electrons. The molecule has 0 saturated carbocycles. The van der Waals surface area contributed by atoms with Crippen molar-refractivity contribution in [1.29, 1.82) is 0 Å². The number of likely N-dealkylation sites (tertiary alicyclic amines) is 1. The fourth-order valence-electron chi connectivity index (χ4n) is 4.70. The van der Waals surface area contributed by atoms with E-state index in [0.29, 0.717) is 24.7 Å². The number of aromatic nitrogens is 1. The minimum Gasteiger partial charge on any atom is -0.447 e. The number of aliphatic hydroxyl groups is 1. The maximum atomic E-state index is 12.4. The highest BCUT2D eigenvalue weighted by Gasteiger charge is 2.22. The van der Waals surface area contributed by atoms with Crippen LogP contribution in [0.1, 0.15) is 46.8 Å². The number of rotatable bonds is 9. The molecule has 2 saturated heterocycles. The van der Waals surface area contributed by atoms with Gasteiger partial charge in [0.05, 0.1) is 12.6 Å². The number of hydrogen-bond acceptors (Lipinski definition) is 7. The van der Waals surface area contributed by atoms with Crippen molar-refractivity contribution in [2.24, 2.45) is 0 Å². The number of piperidine rings is 1. The summed E-state index contributed by atoms with van der Waals surface area (Å²) in [5.74, 6) is 0.341. The number of benzene rings is 1. The van der Waals surface area contributed by atoms with Crippen molar-refractivity contribution in [1.82, 2.24) is 25.0 Å². The summed E-state index contributed by atoms with van der Waals surface area (Å²) in [6, 6.07) is 8.07. The third kappa shape index (κ3) is 7.37. The predicted octanol–water partition coefficient (Wildman–Crippen LogP) is 1.88. The Morgan fingerprint density at radius 2 is 1.76 bits per heavy atom. The molecular formula is C25H37N5O3. The van der Waals surface area contributed by atoms with Gasteiger partial charge in [-0.1, -0.05) is 36.2 Å². The monoisotopic (exact) mass is 455 g/mol. The summed E-state index contributed by atoms with van der Waals surface area (Å²) in [5.41, 5.74) is 2.55. The Balaban J connectivity index is 1.16. The second-order valence-corrected chi connectivity index (χ2v) is 9.39. The van der Waals surface area contributed by atoms with Gasteiger partial charge in [0.1, 0.15) is 6.26 Å². The number of aliphatic hydroxyl groups excluding tert-OH is 1. The molecule has 1 aromatic carbocycles. The average Bonchev–Trinajstić information content (AvgIpc) is 3.28. The number of carbonyl (C=O) groups excluding carboxylic acids is 1. The first-order valence-corrected chi connectivity index (χ1v) is 12.2. The molecule has 2 fully saturated rings. The molecule has 33 heavy (non-hydrogen) atoms. The Bertz CT molecular complexity index is 888. The van der Waals surface area contributed by atoms with Gasteiger partial charge < -0.3 is 19.7 Å². The largest absolute Gasteiger partial charge is 0.447 e. The average molecular weight is 456 g/mol. The van der Waals surface area contributed by atoms with E-state index in [0.717, 1.165) is 57.9 Å². The van der Waals surface area contributed by atoms with Gasteiger partial charge >= 0.3 is 0 Å². The van der Waals surface area contributed by atoms with E-state index < -0.39 is 0 Å². The van der Waals surface area contributed by atoms with Crippen molar-refractivity contribution >= 4 is 5.91 Å². The zero-order valence-corrected chi connectivity index (χ0v) is 19.7. The standard InChI is InChI=1S/C25H37N5O3/c1-20-6-5-7-21(14-20)15-26-25(32)23-19-33-24(27-23)18-30-12-10-29(11-13-30)17-22(31)16-28-8-3-2-4-9-28/h5-7,14,19,22,31H,2-4,8-13,15-18H2,1H3,(H,26,32). The first-order valence-electron chi connectivity index (χ1n) is 12.2. The van der Waals surface area contributed by atoms with Gasteiger partial charge in [0.15, 0.2) is 5.69 Å². The van der Waals surface area contributed by atoms with Crippen LogP contribution in [0.3, 0.4) is 0 Å². The zero-order chi connectivity index (χ0) is 23.0. The third-order valence-corrected chi connectivity index (χ3v) is 6.53. The summed E-state index contributed by atoms with van der Waals surface area (Å²) in [5, 5.41) is 13.4. The SMILES string of the molecule is Cc1cccc(CNC(=O)c2coc(CN3CCN(CC(O)CN4CCCCC4)CC3)n2)c1. The smallest absolute Gasteiger partial charge is 0.273 e. The maximum Gasteiger partial charge on any atom is 0.273 e. The maximum absolute atomic E-state index is 12.4. The van der Waals surface area contributed by atoms with E-state index in [1.54, 1.807) is 0 Å². The van der Waals surface area contributed by atoms with Crippen LogP contribution in [0.2, 0.25) is 0 Å². The quantitative estimate of drug-likeness (QED) is 0.597. The molecule has 2 aromatic rings. The lowest BCUT2D eigenvalue weighted by Crippen LogP contribution is -2.50. The minimum atomic E-state index is -0.290. The number of oxazole rings is 1. The first-order chi connectivity index (χ1) is 16.0. The summed E-state index contributed by atoms with van der Waals surface area (Å²) in [6.07, 6.45) is 4.97. The molecule has 3 heterocycles. The van der Waals surface area contributed by atoms with E-state index in [1.165, 1.54) is 31.1 Å². The summed E-state index contributed by atoms with van der Waals surface area (Å²) in [6.45, 7) is 10.5. The van der Waals surface area contributed by atoms with Crippen LogP contribution >= 0.6 is 0 Å². The Morgan fingerprint density at radius 1 is 1.06 bits per heavy atom. The van der Waals surface area contributed by atoms with Gasteiger partial charge in [-0.3, -0.25) is 14.6 Å². The lowest BCUT2D eigenvalue weighted by Gasteiger charge is -2.36. The lowest BCUT2D eigenvalue weighted by atomic mass is 10.1. The number of piperazine rings is 1. The summed E-state index contributed by atoms with van der Waals surface area (Å²) in [4.78, 5) is 23.8. The van der Waals surface area contributed by atoms with Gasteiger partial charge in [0, 0.05) is 45.8 Å². The second kappa shape index (κ2) is 11.7. The summed E-state index contributed by atoms with van der Waals surface area (Å²) < 4.78 is 5.56. The molecule has 2 aliphatic heterocycles. The fraction of sp³-hybridized carbons (Fsp3) is 0.600. The van der Waals surface area contributed by atoms with Gasteiger partial charge in [-0.2, -0.15) is 0 Å². The molecule has 1 unspecified atom stereocenters. The van der Waals surface area contributed by atoms with Crippen LogP contribution < -0.4 is 5.32 Å². The van der Waals surface area contributed by atoms with Crippen LogP contribution in [0, 0.1) is 6.92 Å². The van der Waals surface area contributed by atoms with Crippen molar-refractivity contribution in [2.45, 2.75) is 45.4 Å². The topological polar surface area (TPSA) is 85.1 Å². The van der Waals surface area contributed by atoms with Crippen molar-refractivity contribution in [3.05, 3.63) is 53.2 Å². The van der Waals surface area contributed by atoms with Crippen LogP contribution in [0.5, 0.6) is 0 Å². The Labute approximate surface area is 196 Å². The predicted molar refractivity (Wildman–Crippen MR) is 127 cm³/mol. The highest BCUT2D eigenvalue weighted by molar-refractivity contribution is 5.91. The molecule has 2 aliphatic rings. The first kappa shape index (κ1) is 23.9. The molecule has 1 amide bonds. The van der Waals surface area contributed by atoms with Crippen LogP contribution in [0.15, 0.2) is 34.9 Å². The highest BCUT2D eigenvalue weighted by atomic mass is 16.3. The molecule has 2 N–H and O–H groups in total. The van der Waals surface area contributed by atoms with Gasteiger partial charge in [-0.15, -0.1) is 0 Å². The number of carbonyl (C=O) groups is 1. The number of nitrogens with one attached hydrogen (secondary N) is 1. The Morgan fingerprint density at radius 3 is 2.48 bits per heavy atom. The molecular weight excluding hydrogens is 418 g/mol. The van der Waals surface area contributed by atoms with Crippen LogP contribution in [0.4, 0.5) is 0 Å². The van der Waals surface area contributed by atoms with Crippen molar-refractivity contribution in [3.63, 3.8) is 0 Å². The van der Waals surface area contributed by atoms with Crippen molar-refractivity contribution in [2.75, 3.05) is 52.4 Å². The van der Waals surface area contributed by atoms with Gasteiger partial charge in [0.25, 0.3) is 5.91 Å². The summed E-state index contributed by atoms with van der Waals surface area (Å²) >= 11 is 0. The summed E-state index contributed by atoms with van der Waals surface area (Å²) in [7, 11) is 0. The van der Waals surface area contributed by atoms with Crippen LogP contribution in [-0.2, 0) is 13.1 Å². The second-order valence-electron chi connectivity index (χ2n) is 9.39. The number of hydrogen-bond donors (Lipinski definition) is 2. The van der Waals surface area contributed by atoms with E-state index >= 15 is 0 Å². The molecule has 0 radical (unpaired) electrons. The minimum absolute atomic E-state index is 0.223. The molecule has 4 rings (SSSR count). The Kier molecular flexibility index (Phi) is 8.50. The van der Waals surface area contributed by atoms with Crippen LogP contribution in [0.25, 0.3) is 0 Å². The van der Waals surface area contributed by atoms with Crippen LogP contribution in [-0.4, -0.2) is 89.2 Å². The van der Waals surface area contributed by atoms with E-state index in [9.17, 15) is 9.90 Å². The highest BCUT2D eigenvalue weighted by Crippen LogP contribution is 2.12. The molecule has 0 aliphatic carbocycles. The fourth-order valence-corrected chi connectivity index (χ4v) is 4.70. The lowest BCUT2D eigenvalue weighted by molar-refractivity contribution is 0.0434. The zero-order valence-electron chi connectivity index (χ0n) is 19.7. The third-order valence-electron chi connectivity index (χ3n) is 6.53. The number of nitrogens with zero attached hydrogens (tertiary/aromatic N) is 4. The van der Waals surface area contributed by atoms with Crippen molar-refractivity contribution < 1.29 is 14.3 Å². The van der Waals surface area contributed by atoms with Gasteiger partial charge in [-0.25, -0.2) is 4.98 Å². The van der Waals surface area contributed by atoms with Gasteiger partial charge in [0.2, 0.25) is 5.89 Å². The molecule has 1 atom stereocenters. The number of β-amino-alcohol motifs (C(OH)–C–C–N with tert-alkyl or cyclic N) is 1. The number of amides is 1.